The van der Waals surface area contributed by atoms with Crippen LogP contribution in [0.4, 0.5) is 26.3 Å². The van der Waals surface area contributed by atoms with Gasteiger partial charge in [-0.15, -0.1) is 0 Å². The summed E-state index contributed by atoms with van der Waals surface area (Å²) >= 11 is 0. The smallest absolute Gasteiger partial charge is 0.438 e. The molecule has 3 fully saturated rings. The maximum atomic E-state index is 13.5. The second-order valence-corrected chi connectivity index (χ2v) is 11.1. The van der Waals surface area contributed by atoms with Gasteiger partial charge in [0.05, 0.1) is 17.3 Å². The van der Waals surface area contributed by atoms with Crippen LogP contribution in [0, 0.1) is 29.1 Å². The standard InChI is InChI=1S/C18H20F6O9S/c1-15(2,3)14(27)32-11-7-4-6-8(12(25)31-10(6)11)9(7)13(26)33-16(17(19,20)21,18(22,23)24)5-34(28,29)30/h6-11H,4-5H2,1-3H3,(H,28,29,30). The van der Waals surface area contributed by atoms with Crippen molar-refractivity contribution in [3.05, 3.63) is 0 Å². The van der Waals surface area contributed by atoms with Crippen LogP contribution in [0.5, 0.6) is 0 Å². The molecule has 9 nitrogen and oxygen atoms in total. The van der Waals surface area contributed by atoms with Gasteiger partial charge in [0.1, 0.15) is 18.0 Å². The average Bonchev–Trinajstić information content (AvgIpc) is 3.20. The normalized spacial score (nSPS) is 31.4. The van der Waals surface area contributed by atoms with Crippen molar-refractivity contribution in [2.75, 3.05) is 5.75 Å². The Bertz CT molecular complexity index is 983. The Balaban J connectivity index is 1.99. The number of esters is 3. The molecule has 0 aromatic carbocycles. The minimum absolute atomic E-state index is 0.0910. The zero-order valence-electron chi connectivity index (χ0n) is 17.8. The van der Waals surface area contributed by atoms with Crippen molar-refractivity contribution >= 4 is 28.0 Å². The summed E-state index contributed by atoms with van der Waals surface area (Å²) in [6.45, 7) is 4.40. The van der Waals surface area contributed by atoms with Crippen LogP contribution >= 0.6 is 0 Å². The van der Waals surface area contributed by atoms with E-state index < -0.39 is 93.0 Å². The summed E-state index contributed by atoms with van der Waals surface area (Å²) in [7, 11) is -5.97. The molecule has 6 unspecified atom stereocenters. The molecule has 0 amide bonds. The van der Waals surface area contributed by atoms with Crippen molar-refractivity contribution in [1.82, 2.24) is 0 Å². The molecule has 0 aromatic rings. The summed E-state index contributed by atoms with van der Waals surface area (Å²) in [5.74, 6) is -12.6. The molecule has 0 spiro atoms. The van der Waals surface area contributed by atoms with Crippen LogP contribution in [0.15, 0.2) is 0 Å². The van der Waals surface area contributed by atoms with Crippen molar-refractivity contribution in [3.8, 4) is 0 Å². The number of hydrogen-bond acceptors (Lipinski definition) is 8. The fourth-order valence-electron chi connectivity index (χ4n) is 4.74. The monoisotopic (exact) mass is 526 g/mol. The van der Waals surface area contributed by atoms with E-state index in [4.69, 9.17) is 14.0 Å². The highest BCUT2D eigenvalue weighted by atomic mass is 32.2. The Morgan fingerprint density at radius 1 is 1.06 bits per heavy atom. The lowest BCUT2D eigenvalue weighted by Crippen LogP contribution is -2.64. The number of hydrogen-bond donors (Lipinski definition) is 1. The minimum atomic E-state index is -6.51. The predicted molar refractivity (Wildman–Crippen MR) is 95.1 cm³/mol. The van der Waals surface area contributed by atoms with Gasteiger partial charge in [-0.05, 0) is 27.2 Å². The number of alkyl halides is 6. The van der Waals surface area contributed by atoms with E-state index in [1.54, 1.807) is 0 Å². The molecule has 3 aliphatic rings. The fourth-order valence-corrected chi connectivity index (χ4v) is 5.64. The van der Waals surface area contributed by atoms with Gasteiger partial charge in [0.25, 0.3) is 10.1 Å². The first-order valence-electron chi connectivity index (χ1n) is 9.84. The molecule has 3 rings (SSSR count). The van der Waals surface area contributed by atoms with Gasteiger partial charge in [-0.3, -0.25) is 18.9 Å². The lowest BCUT2D eigenvalue weighted by molar-refractivity contribution is -0.362. The number of ether oxygens (including phenoxy) is 3. The Hall–Kier alpha value is -2.10. The number of carbonyl (C=O) groups is 3. The Morgan fingerprint density at radius 3 is 2.03 bits per heavy atom. The first-order valence-corrected chi connectivity index (χ1v) is 11.4. The third-order valence-corrected chi connectivity index (χ3v) is 7.02. The van der Waals surface area contributed by atoms with Crippen LogP contribution in [0.2, 0.25) is 0 Å². The summed E-state index contributed by atoms with van der Waals surface area (Å²) in [5, 5.41) is 0. The molecule has 16 heteroatoms. The summed E-state index contributed by atoms with van der Waals surface area (Å²) in [4.78, 5) is 37.3. The van der Waals surface area contributed by atoms with Gasteiger partial charge >= 0.3 is 35.9 Å². The molecule has 1 saturated heterocycles. The third-order valence-electron chi connectivity index (χ3n) is 6.25. The van der Waals surface area contributed by atoms with Gasteiger partial charge in [-0.1, -0.05) is 0 Å². The van der Waals surface area contributed by atoms with Crippen LogP contribution in [0.1, 0.15) is 27.2 Å². The summed E-state index contributed by atoms with van der Waals surface area (Å²) < 4.78 is 126. The van der Waals surface area contributed by atoms with Gasteiger partial charge in [-0.25, -0.2) is 0 Å². The highest BCUT2D eigenvalue weighted by Crippen LogP contribution is 2.60. The predicted octanol–water partition coefficient (Wildman–Crippen LogP) is 2.05. The topological polar surface area (TPSA) is 133 Å². The van der Waals surface area contributed by atoms with E-state index in [0.717, 1.165) is 0 Å². The van der Waals surface area contributed by atoms with Gasteiger partial charge in [-0.2, -0.15) is 34.8 Å². The number of halogens is 6. The third kappa shape index (κ3) is 4.22. The molecule has 6 atom stereocenters. The first-order chi connectivity index (χ1) is 15.1. The van der Waals surface area contributed by atoms with Crippen molar-refractivity contribution < 1.29 is 67.9 Å². The molecule has 34 heavy (non-hydrogen) atoms. The molecule has 2 bridgehead atoms. The van der Waals surface area contributed by atoms with Crippen molar-refractivity contribution in [2.45, 2.75) is 57.4 Å². The average molecular weight is 526 g/mol. The highest BCUT2D eigenvalue weighted by Gasteiger charge is 2.77. The highest BCUT2D eigenvalue weighted by molar-refractivity contribution is 7.85. The molecule has 2 aliphatic carbocycles. The van der Waals surface area contributed by atoms with E-state index in [2.05, 4.69) is 4.74 Å². The molecule has 0 radical (unpaired) electrons. The van der Waals surface area contributed by atoms with E-state index in [0.29, 0.717) is 0 Å². The van der Waals surface area contributed by atoms with Gasteiger partial charge in [0, 0.05) is 11.8 Å². The molecule has 0 aromatic heterocycles. The van der Waals surface area contributed by atoms with Gasteiger partial charge in [0.15, 0.2) is 0 Å². The van der Waals surface area contributed by atoms with Crippen LogP contribution in [0.3, 0.4) is 0 Å². The lowest BCUT2D eigenvalue weighted by Gasteiger charge is -2.38. The van der Waals surface area contributed by atoms with E-state index in [1.165, 1.54) is 20.8 Å². The maximum absolute atomic E-state index is 13.5. The van der Waals surface area contributed by atoms with Crippen LogP contribution in [0.25, 0.3) is 0 Å². The summed E-state index contributed by atoms with van der Waals surface area (Å²) in [5.41, 5.74) is -6.68. The molecule has 1 N–H and O–H groups in total. The van der Waals surface area contributed by atoms with Gasteiger partial charge < -0.3 is 14.2 Å². The van der Waals surface area contributed by atoms with Crippen molar-refractivity contribution in [2.24, 2.45) is 29.1 Å². The number of carbonyl (C=O) groups excluding carboxylic acids is 3. The minimum Gasteiger partial charge on any atom is -0.458 e. The quantitative estimate of drug-likeness (QED) is 0.247. The second kappa shape index (κ2) is 7.70. The summed E-state index contributed by atoms with van der Waals surface area (Å²) in [6, 6.07) is 0. The van der Waals surface area contributed by atoms with Gasteiger partial charge in [0.2, 0.25) is 0 Å². The number of rotatable bonds is 5. The van der Waals surface area contributed by atoms with Crippen LogP contribution in [-0.4, -0.2) is 66.8 Å². The molecule has 194 valence electrons. The first kappa shape index (κ1) is 26.5. The lowest BCUT2D eigenvalue weighted by atomic mass is 9.78. The SMILES string of the molecule is CC(C)(C)C(=O)OC1C2CC3C1OC(=O)C3C2C(=O)OC(CS(=O)(=O)O)(C(F)(F)F)C(F)(F)F. The molecule has 1 aliphatic heterocycles. The second-order valence-electron chi connectivity index (χ2n) is 9.61. The Morgan fingerprint density at radius 2 is 1.59 bits per heavy atom. The van der Waals surface area contributed by atoms with Crippen molar-refractivity contribution in [1.29, 1.82) is 0 Å². The van der Waals surface area contributed by atoms with E-state index in [9.17, 15) is 49.1 Å². The fraction of sp³-hybridized carbons (Fsp3) is 0.833. The van der Waals surface area contributed by atoms with E-state index >= 15 is 0 Å². The zero-order valence-corrected chi connectivity index (χ0v) is 18.6. The Kier molecular flexibility index (Phi) is 6.00. The molecule has 1 heterocycles. The van der Waals surface area contributed by atoms with Crippen LogP contribution < -0.4 is 0 Å². The van der Waals surface area contributed by atoms with Crippen LogP contribution in [-0.2, 0) is 38.7 Å². The molecular formula is C18H20F6O9S. The Labute approximate surface area is 188 Å². The zero-order chi connectivity index (χ0) is 26.2. The molecule has 2 saturated carbocycles. The maximum Gasteiger partial charge on any atom is 0.438 e. The number of fused-ring (bicyclic) bond motifs is 1. The van der Waals surface area contributed by atoms with Crippen molar-refractivity contribution in [3.63, 3.8) is 0 Å². The largest absolute Gasteiger partial charge is 0.458 e. The molecular weight excluding hydrogens is 506 g/mol. The van der Waals surface area contributed by atoms with E-state index in [-0.39, 0.29) is 6.42 Å². The summed E-state index contributed by atoms with van der Waals surface area (Å²) in [6.07, 6.45) is -15.5. The van der Waals surface area contributed by atoms with E-state index in [1.807, 2.05) is 0 Å².